The molecule has 20 heavy (non-hydrogen) atoms. The lowest BCUT2D eigenvalue weighted by Crippen LogP contribution is -2.45. The molecule has 0 fully saturated rings. The number of amides is 1. The Labute approximate surface area is 119 Å². The van der Waals surface area contributed by atoms with Crippen molar-refractivity contribution in [2.75, 3.05) is 13.1 Å². The van der Waals surface area contributed by atoms with Crippen LogP contribution in [0.1, 0.15) is 33.3 Å². The highest BCUT2D eigenvalue weighted by Gasteiger charge is 2.27. The first-order valence-corrected chi connectivity index (χ1v) is 6.59. The normalized spacial score (nSPS) is 14.5. The molecule has 1 atom stereocenters. The van der Waals surface area contributed by atoms with Crippen LogP contribution in [0.5, 0.6) is 0 Å². The van der Waals surface area contributed by atoms with Crippen molar-refractivity contribution < 1.29 is 13.9 Å². The van der Waals surface area contributed by atoms with Crippen LogP contribution in [0.25, 0.3) is 0 Å². The monoisotopic (exact) mass is 282 g/mol. The van der Waals surface area contributed by atoms with Crippen molar-refractivity contribution in [1.29, 1.82) is 0 Å². The maximum atomic E-state index is 13.0. The van der Waals surface area contributed by atoms with Gasteiger partial charge < -0.3 is 15.8 Å². The third-order valence-corrected chi connectivity index (χ3v) is 3.01. The van der Waals surface area contributed by atoms with E-state index in [9.17, 15) is 9.18 Å². The molecule has 0 radical (unpaired) electrons. The van der Waals surface area contributed by atoms with E-state index in [1.54, 1.807) is 32.9 Å². The molecule has 0 bridgehead atoms. The van der Waals surface area contributed by atoms with Crippen molar-refractivity contribution in [2.45, 2.75) is 38.7 Å². The molecule has 0 spiro atoms. The van der Waals surface area contributed by atoms with Crippen LogP contribution in [-0.2, 0) is 10.2 Å². The number of nitrogens with one attached hydrogen (secondary N) is 1. The standard InChI is InChI=1S/C15H23FN2O2/c1-14(2,3)20-13(19)18-10-15(4,9-17)11-5-7-12(16)8-6-11/h5-8H,9-10,17H2,1-4H3,(H,18,19). The summed E-state index contributed by atoms with van der Waals surface area (Å²) in [6.07, 6.45) is -0.487. The van der Waals surface area contributed by atoms with Crippen LogP contribution >= 0.6 is 0 Å². The Bertz CT molecular complexity index is 454. The quantitative estimate of drug-likeness (QED) is 0.892. The highest BCUT2D eigenvalue weighted by atomic mass is 19.1. The smallest absolute Gasteiger partial charge is 0.407 e. The van der Waals surface area contributed by atoms with Crippen molar-refractivity contribution in [3.05, 3.63) is 35.6 Å². The summed E-state index contributed by atoms with van der Waals surface area (Å²) < 4.78 is 18.1. The molecule has 1 unspecified atom stereocenters. The lowest BCUT2D eigenvalue weighted by Gasteiger charge is -2.29. The third kappa shape index (κ3) is 4.81. The minimum Gasteiger partial charge on any atom is -0.444 e. The van der Waals surface area contributed by atoms with Gasteiger partial charge >= 0.3 is 6.09 Å². The third-order valence-electron chi connectivity index (χ3n) is 3.01. The van der Waals surface area contributed by atoms with Crippen molar-refractivity contribution >= 4 is 6.09 Å². The molecule has 1 rings (SSSR count). The van der Waals surface area contributed by atoms with Crippen LogP contribution in [0.4, 0.5) is 9.18 Å². The minimum absolute atomic E-state index is 0.298. The van der Waals surface area contributed by atoms with Crippen LogP contribution in [0, 0.1) is 5.82 Å². The number of ether oxygens (including phenoxy) is 1. The van der Waals surface area contributed by atoms with Gasteiger partial charge in [0.05, 0.1) is 0 Å². The van der Waals surface area contributed by atoms with Gasteiger partial charge in [0.1, 0.15) is 11.4 Å². The lowest BCUT2D eigenvalue weighted by molar-refractivity contribution is 0.0516. The number of hydrogen-bond acceptors (Lipinski definition) is 3. The first kappa shape index (κ1) is 16.4. The molecule has 0 saturated carbocycles. The van der Waals surface area contributed by atoms with E-state index in [1.165, 1.54) is 12.1 Å². The summed E-state index contributed by atoms with van der Waals surface area (Å²) in [6, 6.07) is 6.13. The Morgan fingerprint density at radius 3 is 2.25 bits per heavy atom. The average molecular weight is 282 g/mol. The Hall–Kier alpha value is -1.62. The predicted molar refractivity (Wildman–Crippen MR) is 77.0 cm³/mol. The molecule has 5 heteroatoms. The Kier molecular flexibility index (Phi) is 5.11. The van der Waals surface area contributed by atoms with E-state index in [0.717, 1.165) is 5.56 Å². The van der Waals surface area contributed by atoms with E-state index < -0.39 is 17.1 Å². The molecule has 0 saturated heterocycles. The number of carbonyl (C=O) groups is 1. The Balaban J connectivity index is 2.71. The number of hydrogen-bond donors (Lipinski definition) is 2. The number of carbonyl (C=O) groups excluding carboxylic acids is 1. The summed E-state index contributed by atoms with van der Waals surface area (Å²) in [5.74, 6) is -0.298. The molecule has 112 valence electrons. The molecule has 0 aromatic heterocycles. The van der Waals surface area contributed by atoms with Crippen molar-refractivity contribution in [3.8, 4) is 0 Å². The van der Waals surface area contributed by atoms with Gasteiger partial charge in [0.2, 0.25) is 0 Å². The zero-order valence-corrected chi connectivity index (χ0v) is 12.5. The van der Waals surface area contributed by atoms with E-state index in [-0.39, 0.29) is 5.82 Å². The van der Waals surface area contributed by atoms with Gasteiger partial charge in [-0.3, -0.25) is 0 Å². The summed E-state index contributed by atoms with van der Waals surface area (Å²) in [7, 11) is 0. The molecular weight excluding hydrogens is 259 g/mol. The van der Waals surface area contributed by atoms with Gasteiger partial charge in [-0.05, 0) is 38.5 Å². The molecule has 1 aromatic rings. The second kappa shape index (κ2) is 6.22. The number of benzene rings is 1. The van der Waals surface area contributed by atoms with Crippen LogP contribution in [0.15, 0.2) is 24.3 Å². The number of rotatable bonds is 4. The lowest BCUT2D eigenvalue weighted by atomic mass is 9.82. The molecule has 4 nitrogen and oxygen atoms in total. The molecule has 0 aliphatic rings. The molecule has 3 N–H and O–H groups in total. The molecule has 0 aliphatic carbocycles. The zero-order valence-electron chi connectivity index (χ0n) is 12.5. The largest absolute Gasteiger partial charge is 0.444 e. The van der Waals surface area contributed by atoms with Crippen LogP contribution in [-0.4, -0.2) is 24.8 Å². The van der Waals surface area contributed by atoms with Crippen molar-refractivity contribution in [2.24, 2.45) is 5.73 Å². The summed E-state index contributed by atoms with van der Waals surface area (Å²) in [4.78, 5) is 11.7. The van der Waals surface area contributed by atoms with Gasteiger partial charge in [-0.1, -0.05) is 19.1 Å². The average Bonchev–Trinajstić information content (AvgIpc) is 2.35. The van der Waals surface area contributed by atoms with Gasteiger partial charge in [0.25, 0.3) is 0 Å². The van der Waals surface area contributed by atoms with Crippen LogP contribution in [0.2, 0.25) is 0 Å². The topological polar surface area (TPSA) is 64.3 Å². The highest BCUT2D eigenvalue weighted by molar-refractivity contribution is 5.67. The maximum absolute atomic E-state index is 13.0. The molecular formula is C15H23FN2O2. The van der Waals surface area contributed by atoms with Crippen LogP contribution in [0.3, 0.4) is 0 Å². The summed E-state index contributed by atoms with van der Waals surface area (Å²) >= 11 is 0. The summed E-state index contributed by atoms with van der Waals surface area (Å²) in [5, 5.41) is 2.71. The Morgan fingerprint density at radius 1 is 1.25 bits per heavy atom. The fourth-order valence-corrected chi connectivity index (χ4v) is 1.73. The van der Waals surface area contributed by atoms with E-state index in [4.69, 9.17) is 10.5 Å². The van der Waals surface area contributed by atoms with Gasteiger partial charge in [-0.25, -0.2) is 9.18 Å². The highest BCUT2D eigenvalue weighted by Crippen LogP contribution is 2.22. The van der Waals surface area contributed by atoms with Gasteiger partial charge in [0.15, 0.2) is 0 Å². The maximum Gasteiger partial charge on any atom is 0.407 e. The van der Waals surface area contributed by atoms with E-state index in [0.29, 0.717) is 13.1 Å². The number of nitrogens with two attached hydrogens (primary N) is 1. The van der Waals surface area contributed by atoms with Crippen LogP contribution < -0.4 is 11.1 Å². The molecule has 0 aliphatic heterocycles. The van der Waals surface area contributed by atoms with Crippen molar-refractivity contribution in [1.82, 2.24) is 5.32 Å². The fraction of sp³-hybridized carbons (Fsp3) is 0.533. The zero-order chi connectivity index (χ0) is 15.4. The van der Waals surface area contributed by atoms with Gasteiger partial charge in [-0.2, -0.15) is 0 Å². The Morgan fingerprint density at radius 2 is 1.80 bits per heavy atom. The summed E-state index contributed by atoms with van der Waals surface area (Å²) in [5.41, 5.74) is 5.67. The van der Waals surface area contributed by atoms with E-state index in [2.05, 4.69) is 5.32 Å². The minimum atomic E-state index is -0.543. The number of alkyl carbamates (subject to hydrolysis) is 1. The fourth-order valence-electron chi connectivity index (χ4n) is 1.73. The van der Waals surface area contributed by atoms with Crippen molar-refractivity contribution in [3.63, 3.8) is 0 Å². The first-order valence-electron chi connectivity index (χ1n) is 6.59. The predicted octanol–water partition coefficient (Wildman–Crippen LogP) is 2.57. The summed E-state index contributed by atoms with van der Waals surface area (Å²) in [6.45, 7) is 7.97. The van der Waals surface area contributed by atoms with Gasteiger partial charge in [-0.15, -0.1) is 0 Å². The molecule has 1 aromatic carbocycles. The number of halogens is 1. The van der Waals surface area contributed by atoms with E-state index in [1.807, 2.05) is 6.92 Å². The first-order chi connectivity index (χ1) is 9.16. The second-order valence-corrected chi connectivity index (χ2v) is 6.13. The SMILES string of the molecule is CC(C)(C)OC(=O)NCC(C)(CN)c1ccc(F)cc1. The van der Waals surface area contributed by atoms with E-state index >= 15 is 0 Å². The second-order valence-electron chi connectivity index (χ2n) is 6.13. The molecule has 1 amide bonds. The van der Waals surface area contributed by atoms with Gasteiger partial charge in [0, 0.05) is 18.5 Å². The molecule has 0 heterocycles.